The summed E-state index contributed by atoms with van der Waals surface area (Å²) in [6, 6.07) is 10.3. The molecule has 2 aromatic carbocycles. The highest BCUT2D eigenvalue weighted by Crippen LogP contribution is 2.32. The zero-order valence-corrected chi connectivity index (χ0v) is 16.6. The fourth-order valence-electron chi connectivity index (χ4n) is 2.45. The molecule has 1 N–H and O–H groups in total. The van der Waals surface area contributed by atoms with Gasteiger partial charge in [-0.2, -0.15) is 0 Å². The van der Waals surface area contributed by atoms with Crippen molar-refractivity contribution in [2.75, 3.05) is 13.1 Å². The number of hydrogen-bond donors (Lipinski definition) is 1. The molecule has 0 radical (unpaired) electrons. The molecule has 0 bridgehead atoms. The summed E-state index contributed by atoms with van der Waals surface area (Å²) in [5.74, 6) is -1.50. The molecule has 5 nitrogen and oxygen atoms in total. The number of amides is 3. The number of nitrogens with zero attached hydrogens (tertiary/aromatic N) is 1. The van der Waals surface area contributed by atoms with E-state index in [0.29, 0.717) is 9.93 Å². The molecule has 9 heteroatoms. The Morgan fingerprint density at radius 2 is 1.86 bits per heavy atom. The molecule has 0 saturated carbocycles. The average molecular weight is 439 g/mol. The van der Waals surface area contributed by atoms with Gasteiger partial charge in [-0.15, -0.1) is 0 Å². The Morgan fingerprint density at radius 1 is 1.14 bits per heavy atom. The van der Waals surface area contributed by atoms with E-state index in [2.05, 4.69) is 5.32 Å². The third-order valence-corrected chi connectivity index (χ3v) is 5.31. The SMILES string of the molecule is O=C(NCCN1C(=O)SC(=Cc2ccc(Cl)cc2)C1=O)c1ccc(F)cc1Cl. The van der Waals surface area contributed by atoms with Crippen LogP contribution in [0.4, 0.5) is 9.18 Å². The summed E-state index contributed by atoms with van der Waals surface area (Å²) >= 11 is 12.5. The van der Waals surface area contributed by atoms with E-state index in [4.69, 9.17) is 23.2 Å². The predicted octanol–water partition coefficient (Wildman–Crippen LogP) is 4.60. The Kier molecular flexibility index (Phi) is 6.39. The maximum atomic E-state index is 13.1. The third-order valence-electron chi connectivity index (χ3n) is 3.84. The molecular weight excluding hydrogens is 426 g/mol. The first-order chi connectivity index (χ1) is 13.3. The number of carbonyl (C=O) groups excluding carboxylic acids is 3. The normalized spacial score (nSPS) is 15.4. The summed E-state index contributed by atoms with van der Waals surface area (Å²) in [5, 5.41) is 2.70. The number of hydrogen-bond acceptors (Lipinski definition) is 4. The largest absolute Gasteiger partial charge is 0.350 e. The summed E-state index contributed by atoms with van der Waals surface area (Å²) in [6.07, 6.45) is 1.61. The Bertz CT molecular complexity index is 980. The lowest BCUT2D eigenvalue weighted by Crippen LogP contribution is -2.37. The quantitative estimate of drug-likeness (QED) is 0.692. The molecule has 0 aromatic heterocycles. The smallest absolute Gasteiger partial charge is 0.293 e. The zero-order valence-electron chi connectivity index (χ0n) is 14.2. The standard InChI is InChI=1S/C19H13Cl2FN2O3S/c20-12-3-1-11(2-4-12)9-16-18(26)24(19(27)28-16)8-7-23-17(25)14-6-5-13(22)10-15(14)21/h1-6,9-10H,7-8H2,(H,23,25). The Morgan fingerprint density at radius 3 is 2.54 bits per heavy atom. The second-order valence-electron chi connectivity index (χ2n) is 5.76. The lowest BCUT2D eigenvalue weighted by Gasteiger charge is -2.13. The van der Waals surface area contributed by atoms with Crippen LogP contribution in [0.5, 0.6) is 0 Å². The molecule has 0 aliphatic carbocycles. The van der Waals surface area contributed by atoms with Gasteiger partial charge in [-0.05, 0) is 53.7 Å². The van der Waals surface area contributed by atoms with Crippen molar-refractivity contribution >= 4 is 58.1 Å². The van der Waals surface area contributed by atoms with Gasteiger partial charge in [0.15, 0.2) is 0 Å². The summed E-state index contributed by atoms with van der Waals surface area (Å²) in [4.78, 5) is 38.0. The van der Waals surface area contributed by atoms with Crippen LogP contribution in [-0.2, 0) is 4.79 Å². The molecule has 3 rings (SSSR count). The summed E-state index contributed by atoms with van der Waals surface area (Å²) in [5.41, 5.74) is 0.856. The lowest BCUT2D eigenvalue weighted by molar-refractivity contribution is -0.122. The van der Waals surface area contributed by atoms with Crippen LogP contribution < -0.4 is 5.32 Å². The van der Waals surface area contributed by atoms with Crippen LogP contribution in [0.15, 0.2) is 47.4 Å². The predicted molar refractivity (Wildman–Crippen MR) is 108 cm³/mol. The van der Waals surface area contributed by atoms with Crippen molar-refractivity contribution in [2.24, 2.45) is 0 Å². The maximum absolute atomic E-state index is 13.1. The molecule has 1 saturated heterocycles. The minimum absolute atomic E-state index is 0.00712. The molecule has 0 unspecified atom stereocenters. The number of thioether (sulfide) groups is 1. The second-order valence-corrected chi connectivity index (χ2v) is 7.60. The topological polar surface area (TPSA) is 66.5 Å². The number of imide groups is 1. The van der Waals surface area contributed by atoms with Crippen LogP contribution in [0.25, 0.3) is 6.08 Å². The van der Waals surface area contributed by atoms with E-state index in [9.17, 15) is 18.8 Å². The number of halogens is 3. The first-order valence-corrected chi connectivity index (χ1v) is 9.66. The van der Waals surface area contributed by atoms with Crippen molar-refractivity contribution in [3.63, 3.8) is 0 Å². The van der Waals surface area contributed by atoms with Gasteiger partial charge in [-0.3, -0.25) is 19.3 Å². The molecule has 1 aliphatic heterocycles. The van der Waals surface area contributed by atoms with Gasteiger partial charge in [-0.1, -0.05) is 35.3 Å². The van der Waals surface area contributed by atoms with E-state index in [0.717, 1.165) is 34.4 Å². The minimum Gasteiger partial charge on any atom is -0.350 e. The van der Waals surface area contributed by atoms with Gasteiger partial charge in [-0.25, -0.2) is 4.39 Å². The Balaban J connectivity index is 1.60. The van der Waals surface area contributed by atoms with Gasteiger partial charge in [0.2, 0.25) is 0 Å². The van der Waals surface area contributed by atoms with Crippen LogP contribution in [0.1, 0.15) is 15.9 Å². The van der Waals surface area contributed by atoms with Crippen molar-refractivity contribution < 1.29 is 18.8 Å². The van der Waals surface area contributed by atoms with Crippen LogP contribution >= 0.6 is 35.0 Å². The average Bonchev–Trinajstić information content (AvgIpc) is 2.91. The van der Waals surface area contributed by atoms with Crippen LogP contribution in [0.3, 0.4) is 0 Å². The van der Waals surface area contributed by atoms with E-state index in [1.807, 2.05) is 0 Å². The highest BCUT2D eigenvalue weighted by Gasteiger charge is 2.34. The molecule has 28 heavy (non-hydrogen) atoms. The molecule has 3 amide bonds. The molecule has 1 aliphatic rings. The molecule has 2 aromatic rings. The third kappa shape index (κ3) is 4.73. The first kappa shape index (κ1) is 20.4. The zero-order chi connectivity index (χ0) is 20.3. The van der Waals surface area contributed by atoms with Gasteiger partial charge in [0.25, 0.3) is 17.1 Å². The van der Waals surface area contributed by atoms with Crippen LogP contribution in [0, 0.1) is 5.82 Å². The fourth-order valence-corrected chi connectivity index (χ4v) is 3.70. The first-order valence-electron chi connectivity index (χ1n) is 8.09. The van der Waals surface area contributed by atoms with Crippen LogP contribution in [0.2, 0.25) is 10.0 Å². The van der Waals surface area contributed by atoms with Crippen molar-refractivity contribution in [3.05, 3.63) is 74.4 Å². The Hall–Kier alpha value is -2.35. The van der Waals surface area contributed by atoms with E-state index in [1.54, 1.807) is 30.3 Å². The van der Waals surface area contributed by atoms with E-state index in [-0.39, 0.29) is 23.7 Å². The van der Waals surface area contributed by atoms with Crippen molar-refractivity contribution in [3.8, 4) is 0 Å². The van der Waals surface area contributed by atoms with Crippen molar-refractivity contribution in [2.45, 2.75) is 0 Å². The number of carbonyl (C=O) groups is 3. The van der Waals surface area contributed by atoms with Crippen molar-refractivity contribution in [1.29, 1.82) is 0 Å². The molecule has 1 fully saturated rings. The van der Waals surface area contributed by atoms with Gasteiger partial charge in [0.05, 0.1) is 15.5 Å². The fraction of sp³-hybridized carbons (Fsp3) is 0.105. The summed E-state index contributed by atoms with van der Waals surface area (Å²) < 4.78 is 13.1. The minimum atomic E-state index is -0.549. The van der Waals surface area contributed by atoms with Crippen LogP contribution in [-0.4, -0.2) is 35.0 Å². The van der Waals surface area contributed by atoms with E-state index >= 15 is 0 Å². The van der Waals surface area contributed by atoms with Gasteiger partial charge in [0.1, 0.15) is 5.82 Å². The number of rotatable bonds is 5. The molecule has 1 heterocycles. The monoisotopic (exact) mass is 438 g/mol. The number of nitrogens with one attached hydrogen (secondary N) is 1. The van der Waals surface area contributed by atoms with E-state index < -0.39 is 22.9 Å². The molecule has 0 atom stereocenters. The summed E-state index contributed by atoms with van der Waals surface area (Å²) in [6.45, 7) is 0.0476. The molecule has 144 valence electrons. The van der Waals surface area contributed by atoms with Gasteiger partial charge >= 0.3 is 0 Å². The Labute approximate surface area is 174 Å². The highest BCUT2D eigenvalue weighted by molar-refractivity contribution is 8.18. The van der Waals surface area contributed by atoms with Gasteiger partial charge < -0.3 is 5.32 Å². The van der Waals surface area contributed by atoms with Gasteiger partial charge in [0, 0.05) is 18.1 Å². The maximum Gasteiger partial charge on any atom is 0.293 e. The highest BCUT2D eigenvalue weighted by atomic mass is 35.5. The lowest BCUT2D eigenvalue weighted by atomic mass is 10.2. The molecular formula is C19H13Cl2FN2O3S. The summed E-state index contributed by atoms with van der Waals surface area (Å²) in [7, 11) is 0. The number of benzene rings is 2. The van der Waals surface area contributed by atoms with Crippen molar-refractivity contribution in [1.82, 2.24) is 10.2 Å². The molecule has 0 spiro atoms. The van der Waals surface area contributed by atoms with E-state index in [1.165, 1.54) is 6.07 Å². The second kappa shape index (κ2) is 8.77.